The smallest absolute Gasteiger partial charge is 0.305 e. The van der Waals surface area contributed by atoms with Crippen LogP contribution in [0, 0.1) is 0 Å². The number of carbonyl (C=O) groups is 2. The molecule has 7 unspecified atom stereocenters. The molecular weight excluding hydrogens is 955 g/mol. The van der Waals surface area contributed by atoms with Crippen molar-refractivity contribution in [3.63, 3.8) is 0 Å². The van der Waals surface area contributed by atoms with E-state index in [-0.39, 0.29) is 18.5 Å². The normalized spacial score (nSPS) is 19.0. The molecule has 1 heterocycles. The number of ether oxygens (including phenoxy) is 3. The lowest BCUT2D eigenvalue weighted by atomic mass is 9.99. The maximum Gasteiger partial charge on any atom is 0.305 e. The summed E-state index contributed by atoms with van der Waals surface area (Å²) in [6.07, 6.45) is 59.7. The van der Waals surface area contributed by atoms with Crippen LogP contribution >= 0.6 is 0 Å². The zero-order valence-corrected chi connectivity index (χ0v) is 49.0. The summed E-state index contributed by atoms with van der Waals surface area (Å²) in [6, 6.07) is -0.837. The molecule has 6 N–H and O–H groups in total. The van der Waals surface area contributed by atoms with Crippen LogP contribution in [-0.4, -0.2) is 100 Å². The number of hydrogen-bond acceptors (Lipinski definition) is 10. The summed E-state index contributed by atoms with van der Waals surface area (Å²) in [5.74, 6) is -0.201. The van der Waals surface area contributed by atoms with E-state index >= 15 is 0 Å². The zero-order valence-electron chi connectivity index (χ0n) is 49.0. The quantitative estimate of drug-likeness (QED) is 0.0195. The highest BCUT2D eigenvalue weighted by Gasteiger charge is 2.44. The Morgan fingerprint density at radius 3 is 1.38 bits per heavy atom. The summed E-state index contributed by atoms with van der Waals surface area (Å²) < 4.78 is 16.7. The van der Waals surface area contributed by atoms with Crippen molar-refractivity contribution in [3.05, 3.63) is 48.6 Å². The lowest BCUT2D eigenvalue weighted by molar-refractivity contribution is -0.302. The van der Waals surface area contributed by atoms with Crippen molar-refractivity contribution in [2.75, 3.05) is 19.8 Å². The molecule has 1 saturated heterocycles. The first-order valence-corrected chi connectivity index (χ1v) is 31.9. The van der Waals surface area contributed by atoms with E-state index in [0.29, 0.717) is 19.4 Å². The predicted octanol–water partition coefficient (Wildman–Crippen LogP) is 15.2. The molecule has 0 bridgehead atoms. The van der Waals surface area contributed by atoms with E-state index in [2.05, 4.69) is 42.6 Å². The lowest BCUT2D eigenvalue weighted by Crippen LogP contribution is -2.60. The molecule has 11 heteroatoms. The third-order valence-corrected chi connectivity index (χ3v) is 15.0. The Labute approximate surface area is 466 Å². The first-order chi connectivity index (χ1) is 37.2. The first kappa shape index (κ1) is 71.6. The molecule has 1 aliphatic heterocycles. The second-order valence-corrected chi connectivity index (χ2v) is 22.1. The van der Waals surface area contributed by atoms with Gasteiger partial charge in [-0.25, -0.2) is 0 Å². The second-order valence-electron chi connectivity index (χ2n) is 22.1. The summed E-state index contributed by atoms with van der Waals surface area (Å²) in [7, 11) is 0. The second kappa shape index (κ2) is 54.6. The van der Waals surface area contributed by atoms with Crippen LogP contribution in [0.5, 0.6) is 0 Å². The van der Waals surface area contributed by atoms with E-state index in [0.717, 1.165) is 77.0 Å². The predicted molar refractivity (Wildman–Crippen MR) is 315 cm³/mol. The van der Waals surface area contributed by atoms with Crippen LogP contribution in [0.4, 0.5) is 0 Å². The molecule has 0 aliphatic carbocycles. The lowest BCUT2D eigenvalue weighted by Gasteiger charge is -2.40. The zero-order chi connectivity index (χ0) is 55.2. The Kier molecular flexibility index (Phi) is 51.4. The number of carbonyl (C=O) groups excluding carboxylic acids is 2. The molecule has 0 spiro atoms. The number of aliphatic hydroxyl groups excluding tert-OH is 5. The third-order valence-electron chi connectivity index (χ3n) is 15.0. The van der Waals surface area contributed by atoms with Gasteiger partial charge < -0.3 is 45.1 Å². The Morgan fingerprint density at radius 1 is 0.500 bits per heavy atom. The first-order valence-electron chi connectivity index (χ1n) is 31.9. The highest BCUT2D eigenvalue weighted by molar-refractivity contribution is 5.76. The number of aliphatic hydroxyl groups is 5. The Morgan fingerprint density at radius 2 is 0.908 bits per heavy atom. The van der Waals surface area contributed by atoms with Crippen molar-refractivity contribution in [1.82, 2.24) is 5.32 Å². The molecule has 1 aliphatic rings. The average Bonchev–Trinajstić information content (AvgIpc) is 3.42. The van der Waals surface area contributed by atoms with Gasteiger partial charge in [-0.05, 0) is 77.6 Å². The average molecular weight is 1070 g/mol. The minimum absolute atomic E-state index is 0.00324. The van der Waals surface area contributed by atoms with Gasteiger partial charge in [0, 0.05) is 12.8 Å². The fourth-order valence-electron chi connectivity index (χ4n) is 9.94. The summed E-state index contributed by atoms with van der Waals surface area (Å²) >= 11 is 0. The summed E-state index contributed by atoms with van der Waals surface area (Å²) in [4.78, 5) is 25.1. The largest absolute Gasteiger partial charge is 0.466 e. The number of unbranched alkanes of at least 4 members (excludes halogenated alkanes) is 36. The molecular formula is C65H119NO10. The molecule has 0 radical (unpaired) electrons. The van der Waals surface area contributed by atoms with Gasteiger partial charge in [0.2, 0.25) is 5.91 Å². The van der Waals surface area contributed by atoms with Crippen LogP contribution < -0.4 is 5.32 Å². The fraction of sp³-hybridized carbons (Fsp3) is 0.846. The van der Waals surface area contributed by atoms with Gasteiger partial charge in [0.1, 0.15) is 24.4 Å². The molecule has 1 amide bonds. The highest BCUT2D eigenvalue weighted by Crippen LogP contribution is 2.23. The number of nitrogens with one attached hydrogen (secondary N) is 1. The van der Waals surface area contributed by atoms with Gasteiger partial charge in [0.15, 0.2) is 6.29 Å². The van der Waals surface area contributed by atoms with Gasteiger partial charge in [-0.3, -0.25) is 9.59 Å². The third kappa shape index (κ3) is 43.5. The number of allylic oxidation sites excluding steroid dienone is 7. The molecule has 0 aromatic carbocycles. The van der Waals surface area contributed by atoms with E-state index in [1.54, 1.807) is 6.08 Å². The monoisotopic (exact) mass is 1070 g/mol. The van der Waals surface area contributed by atoms with E-state index < -0.39 is 49.5 Å². The summed E-state index contributed by atoms with van der Waals surface area (Å²) in [5.41, 5.74) is 0. The molecule has 0 saturated carbocycles. The molecule has 444 valence electrons. The van der Waals surface area contributed by atoms with E-state index in [4.69, 9.17) is 14.2 Å². The van der Waals surface area contributed by atoms with Crippen molar-refractivity contribution in [2.24, 2.45) is 0 Å². The van der Waals surface area contributed by atoms with Crippen LogP contribution in [0.15, 0.2) is 48.6 Å². The molecule has 1 fully saturated rings. The Hall–Kier alpha value is -2.38. The molecule has 11 nitrogen and oxygen atoms in total. The topological polar surface area (TPSA) is 175 Å². The number of esters is 1. The van der Waals surface area contributed by atoms with E-state index in [9.17, 15) is 35.1 Å². The van der Waals surface area contributed by atoms with Crippen molar-refractivity contribution in [2.45, 2.75) is 333 Å². The van der Waals surface area contributed by atoms with Gasteiger partial charge >= 0.3 is 5.97 Å². The van der Waals surface area contributed by atoms with Gasteiger partial charge in [0.05, 0.1) is 32.0 Å². The highest BCUT2D eigenvalue weighted by atomic mass is 16.7. The van der Waals surface area contributed by atoms with Crippen LogP contribution in [0.25, 0.3) is 0 Å². The van der Waals surface area contributed by atoms with E-state index in [1.165, 1.54) is 186 Å². The number of amides is 1. The van der Waals surface area contributed by atoms with Crippen molar-refractivity contribution < 1.29 is 49.3 Å². The minimum atomic E-state index is -1.58. The molecule has 1 rings (SSSR count). The number of hydrogen-bond donors (Lipinski definition) is 6. The van der Waals surface area contributed by atoms with E-state index in [1.807, 2.05) is 19.1 Å². The van der Waals surface area contributed by atoms with Crippen molar-refractivity contribution in [3.8, 4) is 0 Å². The maximum absolute atomic E-state index is 13.0. The van der Waals surface area contributed by atoms with Gasteiger partial charge in [-0.15, -0.1) is 0 Å². The number of rotatable bonds is 55. The van der Waals surface area contributed by atoms with Crippen molar-refractivity contribution in [1.29, 1.82) is 0 Å². The standard InChI is InChI=1S/C65H119NO10/c1-3-5-7-9-11-13-14-15-26-30-33-37-41-45-49-53-61(70)74-54-50-46-42-38-34-31-28-25-23-21-19-17-16-18-20-22-24-27-29-32-36-40-44-48-52-60(69)66-57(58(68)51-47-43-39-35-12-10-8-6-4-2)56-75-65-64(73)63(72)62(71)59(55-67)76-65/h4,6,12,18,20,35,47,51,57-59,62-65,67-68,71-73H,3,5,7-11,13-17,19,21-34,36-46,48-50,52-56H2,1-2H3,(H,66,69)/b6-4+,20-18-,35-12+,51-47+. The Bertz CT molecular complexity index is 1400. The molecule has 0 aromatic rings. The maximum atomic E-state index is 13.0. The van der Waals surface area contributed by atoms with Crippen LogP contribution in [0.2, 0.25) is 0 Å². The van der Waals surface area contributed by atoms with Crippen LogP contribution in [0.3, 0.4) is 0 Å². The minimum Gasteiger partial charge on any atom is -0.466 e. The summed E-state index contributed by atoms with van der Waals surface area (Å²) in [6.45, 7) is 4.10. The summed E-state index contributed by atoms with van der Waals surface area (Å²) in [5, 5.41) is 54.1. The Balaban J connectivity index is 1.97. The van der Waals surface area contributed by atoms with Crippen molar-refractivity contribution >= 4 is 11.9 Å². The molecule has 76 heavy (non-hydrogen) atoms. The van der Waals surface area contributed by atoms with Crippen LogP contribution in [0.1, 0.15) is 290 Å². The molecule has 7 atom stereocenters. The van der Waals surface area contributed by atoms with Gasteiger partial charge in [0.25, 0.3) is 0 Å². The molecule has 0 aromatic heterocycles. The van der Waals surface area contributed by atoms with Gasteiger partial charge in [-0.2, -0.15) is 0 Å². The SMILES string of the molecule is C/C=C/CC/C=C/CC/C=C/C(O)C(COC1OC(CO)C(O)C(O)C1O)NC(=O)CCCCCCCCCC/C=C\CCCCCCCCCCCCCCOC(=O)CCCCCCCCCCCCCCCCC. The van der Waals surface area contributed by atoms with Gasteiger partial charge in [-0.1, -0.05) is 248 Å². The fourth-order valence-corrected chi connectivity index (χ4v) is 9.94. The van der Waals surface area contributed by atoms with Crippen LogP contribution in [-0.2, 0) is 23.8 Å².